The van der Waals surface area contributed by atoms with E-state index in [1.807, 2.05) is 0 Å². The number of rotatable bonds is 2. The van der Waals surface area contributed by atoms with Crippen molar-refractivity contribution in [2.75, 3.05) is 5.73 Å². The Morgan fingerprint density at radius 3 is 2.94 bits per heavy atom. The smallest absolute Gasteiger partial charge is 0.253 e. The summed E-state index contributed by atoms with van der Waals surface area (Å²) in [4.78, 5) is 17.8. The van der Waals surface area contributed by atoms with Gasteiger partial charge in [0.05, 0.1) is 6.10 Å². The molecule has 2 rings (SSSR count). The van der Waals surface area contributed by atoms with Gasteiger partial charge in [0.25, 0.3) is 5.56 Å². The molecule has 2 atom stereocenters. The van der Waals surface area contributed by atoms with E-state index in [0.717, 1.165) is 25.7 Å². The molecule has 4 N–H and O–H groups in total. The van der Waals surface area contributed by atoms with E-state index in [2.05, 4.69) is 9.97 Å². The summed E-state index contributed by atoms with van der Waals surface area (Å²) in [6, 6.07) is 1.25. The summed E-state index contributed by atoms with van der Waals surface area (Å²) in [5.41, 5.74) is 5.24. The van der Waals surface area contributed by atoms with E-state index in [4.69, 9.17) is 5.73 Å². The van der Waals surface area contributed by atoms with E-state index in [1.165, 1.54) is 17.8 Å². The van der Waals surface area contributed by atoms with Crippen molar-refractivity contribution in [1.29, 1.82) is 0 Å². The second kappa shape index (κ2) is 4.88. The third-order valence-electron chi connectivity index (χ3n) is 2.67. The van der Waals surface area contributed by atoms with Gasteiger partial charge in [-0.3, -0.25) is 4.79 Å². The molecule has 1 heterocycles. The van der Waals surface area contributed by atoms with Crippen LogP contribution in [0.5, 0.6) is 0 Å². The predicted molar refractivity (Wildman–Crippen MR) is 63.4 cm³/mol. The third-order valence-corrected chi connectivity index (χ3v) is 3.94. The van der Waals surface area contributed by atoms with Crippen molar-refractivity contribution < 1.29 is 5.11 Å². The zero-order chi connectivity index (χ0) is 11.5. The van der Waals surface area contributed by atoms with Crippen molar-refractivity contribution in [3.63, 3.8) is 0 Å². The monoisotopic (exact) mass is 241 g/mol. The summed E-state index contributed by atoms with van der Waals surface area (Å²) in [5.74, 6) is 0.219. The van der Waals surface area contributed by atoms with Crippen LogP contribution in [-0.2, 0) is 0 Å². The number of aliphatic hydroxyl groups excluding tert-OH is 1. The molecule has 0 unspecified atom stereocenters. The van der Waals surface area contributed by atoms with Crippen LogP contribution >= 0.6 is 11.8 Å². The molecule has 0 amide bonds. The van der Waals surface area contributed by atoms with Crippen molar-refractivity contribution in [3.8, 4) is 0 Å². The number of nitrogens with two attached hydrogens (primary N) is 1. The van der Waals surface area contributed by atoms with Gasteiger partial charge in [0.15, 0.2) is 5.16 Å². The Kier molecular flexibility index (Phi) is 3.50. The lowest BCUT2D eigenvalue weighted by molar-refractivity contribution is 0.137. The summed E-state index contributed by atoms with van der Waals surface area (Å²) in [6.07, 6.45) is 3.64. The van der Waals surface area contributed by atoms with Crippen LogP contribution < -0.4 is 11.3 Å². The Bertz CT molecular complexity index is 421. The zero-order valence-electron chi connectivity index (χ0n) is 8.85. The number of hydrogen-bond donors (Lipinski definition) is 3. The number of aromatic nitrogens is 2. The van der Waals surface area contributed by atoms with Gasteiger partial charge in [-0.05, 0) is 12.8 Å². The fraction of sp³-hybridized carbons (Fsp3) is 0.600. The van der Waals surface area contributed by atoms with Crippen LogP contribution in [0.25, 0.3) is 0 Å². The molecule has 1 aromatic heterocycles. The normalized spacial score (nSPS) is 25.6. The molecule has 1 saturated carbocycles. The lowest BCUT2D eigenvalue weighted by Gasteiger charge is -2.26. The largest absolute Gasteiger partial charge is 0.392 e. The average molecular weight is 241 g/mol. The number of H-pyrrole nitrogens is 1. The van der Waals surface area contributed by atoms with E-state index < -0.39 is 0 Å². The highest BCUT2D eigenvalue weighted by Crippen LogP contribution is 2.31. The highest BCUT2D eigenvalue weighted by atomic mass is 32.2. The molecule has 88 valence electrons. The minimum absolute atomic E-state index is 0.110. The fourth-order valence-electron chi connectivity index (χ4n) is 1.87. The highest BCUT2D eigenvalue weighted by molar-refractivity contribution is 7.99. The van der Waals surface area contributed by atoms with Gasteiger partial charge in [-0.1, -0.05) is 24.6 Å². The van der Waals surface area contributed by atoms with Crippen molar-refractivity contribution in [2.24, 2.45) is 0 Å². The highest BCUT2D eigenvalue weighted by Gasteiger charge is 2.24. The number of nitrogens with zero attached hydrogens (tertiary/aromatic N) is 1. The maximum absolute atomic E-state index is 11.2. The summed E-state index contributed by atoms with van der Waals surface area (Å²) < 4.78 is 0. The van der Waals surface area contributed by atoms with Crippen molar-refractivity contribution >= 4 is 17.6 Å². The molecule has 0 spiro atoms. The molecule has 0 aliphatic heterocycles. The fourth-order valence-corrected chi connectivity index (χ4v) is 3.05. The molecule has 0 bridgehead atoms. The molecular formula is C10H15N3O2S. The number of thioether (sulfide) groups is 1. The number of nitrogens with one attached hydrogen (secondary N) is 1. The van der Waals surface area contributed by atoms with Gasteiger partial charge in [0.2, 0.25) is 0 Å². The topological polar surface area (TPSA) is 92.0 Å². The Balaban J connectivity index is 2.10. The second-order valence-electron chi connectivity index (χ2n) is 3.98. The van der Waals surface area contributed by atoms with Crippen molar-refractivity contribution in [1.82, 2.24) is 9.97 Å². The zero-order valence-corrected chi connectivity index (χ0v) is 9.67. The number of nitrogen functional groups attached to an aromatic ring is 1. The van der Waals surface area contributed by atoms with Gasteiger partial charge < -0.3 is 15.8 Å². The number of aliphatic hydroxyl groups is 1. The van der Waals surface area contributed by atoms with Gasteiger partial charge >= 0.3 is 0 Å². The standard InChI is InChI=1S/C10H15N3O2S/c11-8-5-9(15)13-10(12-8)16-7-4-2-1-3-6(7)14/h5-7,14H,1-4H2,(H3,11,12,13,15)/t6-,7-/m1/s1. The third kappa shape index (κ3) is 2.76. The quantitative estimate of drug-likeness (QED) is 0.664. The first-order valence-corrected chi connectivity index (χ1v) is 6.24. The van der Waals surface area contributed by atoms with Gasteiger partial charge in [-0.15, -0.1) is 0 Å². The van der Waals surface area contributed by atoms with Crippen LogP contribution in [0.4, 0.5) is 5.82 Å². The van der Waals surface area contributed by atoms with Gasteiger partial charge in [-0.2, -0.15) is 0 Å². The molecule has 5 nitrogen and oxygen atoms in total. The molecule has 0 saturated heterocycles. The predicted octanol–water partition coefficient (Wildman–Crippen LogP) is 0.748. The SMILES string of the molecule is Nc1cc(=O)[nH]c(S[C@@H]2CCCC[C@H]2O)n1. The molecule has 0 aromatic carbocycles. The molecule has 1 aliphatic rings. The minimum Gasteiger partial charge on any atom is -0.392 e. The first-order valence-electron chi connectivity index (χ1n) is 5.37. The van der Waals surface area contributed by atoms with Crippen molar-refractivity contribution in [2.45, 2.75) is 42.2 Å². The molecule has 6 heteroatoms. The van der Waals surface area contributed by atoms with Crippen LogP contribution in [-0.4, -0.2) is 26.4 Å². The Morgan fingerprint density at radius 1 is 1.50 bits per heavy atom. The van der Waals surface area contributed by atoms with Crippen LogP contribution in [0.15, 0.2) is 16.0 Å². The van der Waals surface area contributed by atoms with Crippen LogP contribution in [0, 0.1) is 0 Å². The van der Waals surface area contributed by atoms with Crippen LogP contribution in [0.2, 0.25) is 0 Å². The van der Waals surface area contributed by atoms with Gasteiger partial charge in [0.1, 0.15) is 5.82 Å². The molecule has 16 heavy (non-hydrogen) atoms. The number of aromatic amines is 1. The Labute approximate surface area is 97.5 Å². The first-order chi connectivity index (χ1) is 7.65. The van der Waals surface area contributed by atoms with E-state index in [-0.39, 0.29) is 22.7 Å². The van der Waals surface area contributed by atoms with E-state index in [9.17, 15) is 9.90 Å². The van der Waals surface area contributed by atoms with Crippen LogP contribution in [0.3, 0.4) is 0 Å². The summed E-state index contributed by atoms with van der Waals surface area (Å²) in [7, 11) is 0. The van der Waals surface area contributed by atoms with E-state index >= 15 is 0 Å². The van der Waals surface area contributed by atoms with Gasteiger partial charge in [0, 0.05) is 11.3 Å². The maximum Gasteiger partial charge on any atom is 0.253 e. The average Bonchev–Trinajstić information content (AvgIpc) is 2.20. The van der Waals surface area contributed by atoms with E-state index in [1.54, 1.807) is 0 Å². The van der Waals surface area contributed by atoms with Gasteiger partial charge in [-0.25, -0.2) is 4.98 Å². The Morgan fingerprint density at radius 2 is 2.25 bits per heavy atom. The minimum atomic E-state index is -0.314. The summed E-state index contributed by atoms with van der Waals surface area (Å²) in [5, 5.41) is 10.4. The Hall–Kier alpha value is -1.01. The van der Waals surface area contributed by atoms with Crippen LogP contribution in [0.1, 0.15) is 25.7 Å². The summed E-state index contributed by atoms with van der Waals surface area (Å²) in [6.45, 7) is 0. The molecule has 1 fully saturated rings. The first kappa shape index (κ1) is 11.5. The maximum atomic E-state index is 11.2. The summed E-state index contributed by atoms with van der Waals surface area (Å²) >= 11 is 1.40. The molecule has 1 aromatic rings. The molecule has 1 aliphatic carbocycles. The van der Waals surface area contributed by atoms with E-state index in [0.29, 0.717) is 5.16 Å². The lowest BCUT2D eigenvalue weighted by Crippen LogP contribution is -2.27. The molecule has 0 radical (unpaired) electrons. The lowest BCUT2D eigenvalue weighted by atomic mass is 9.97. The van der Waals surface area contributed by atoms with Crippen molar-refractivity contribution in [3.05, 3.63) is 16.4 Å². The second-order valence-corrected chi connectivity index (χ2v) is 5.21. The molecular weight excluding hydrogens is 226 g/mol. The number of hydrogen-bond acceptors (Lipinski definition) is 5. The number of anilines is 1.